The molecule has 8 nitrogen and oxygen atoms in total. The fourth-order valence-corrected chi connectivity index (χ4v) is 7.17. The minimum atomic E-state index is -3.72. The molecule has 0 radical (unpaired) electrons. The summed E-state index contributed by atoms with van der Waals surface area (Å²) >= 11 is 0. The Kier molecular flexibility index (Phi) is 7.78. The van der Waals surface area contributed by atoms with Gasteiger partial charge in [-0.05, 0) is 55.0 Å². The minimum absolute atomic E-state index is 0.134. The van der Waals surface area contributed by atoms with E-state index in [9.17, 15) is 8.42 Å². The van der Waals surface area contributed by atoms with E-state index in [0.29, 0.717) is 30.6 Å². The van der Waals surface area contributed by atoms with Crippen molar-refractivity contribution in [3.05, 3.63) is 41.0 Å². The van der Waals surface area contributed by atoms with Crippen molar-refractivity contribution in [2.75, 3.05) is 54.6 Å². The van der Waals surface area contributed by atoms with Gasteiger partial charge in [-0.2, -0.15) is 4.31 Å². The van der Waals surface area contributed by atoms with E-state index >= 15 is 0 Å². The van der Waals surface area contributed by atoms with Crippen LogP contribution in [-0.2, 0) is 22.9 Å². The van der Waals surface area contributed by atoms with Crippen LogP contribution in [0.5, 0.6) is 23.0 Å². The summed E-state index contributed by atoms with van der Waals surface area (Å²) in [5, 5.41) is 0. The Balaban J connectivity index is 1.48. The molecule has 0 bridgehead atoms. The molecule has 0 N–H and O–H groups in total. The Bertz CT molecular complexity index is 1170. The lowest BCUT2D eigenvalue weighted by Gasteiger charge is -2.36. The first-order valence-electron chi connectivity index (χ1n) is 12.1. The molecule has 0 saturated heterocycles. The molecule has 192 valence electrons. The summed E-state index contributed by atoms with van der Waals surface area (Å²) in [7, 11) is 2.66. The van der Waals surface area contributed by atoms with Crippen molar-refractivity contribution in [3.8, 4) is 23.0 Å². The number of sulfonamides is 1. The predicted octanol–water partition coefficient (Wildman–Crippen LogP) is 3.67. The van der Waals surface area contributed by atoms with Crippen LogP contribution in [0.2, 0.25) is 0 Å². The maximum absolute atomic E-state index is 13.5. The van der Waals surface area contributed by atoms with Gasteiger partial charge in [-0.3, -0.25) is 4.90 Å². The van der Waals surface area contributed by atoms with Crippen LogP contribution < -0.4 is 18.9 Å². The van der Waals surface area contributed by atoms with E-state index in [1.165, 1.54) is 41.3 Å². The first kappa shape index (κ1) is 25.6. The van der Waals surface area contributed by atoms with Crippen LogP contribution in [0.1, 0.15) is 42.5 Å². The monoisotopic (exact) mass is 504 g/mol. The summed E-state index contributed by atoms with van der Waals surface area (Å²) in [4.78, 5) is 2.63. The molecule has 9 heteroatoms. The van der Waals surface area contributed by atoms with Gasteiger partial charge in [0.2, 0.25) is 10.0 Å². The van der Waals surface area contributed by atoms with E-state index in [-0.39, 0.29) is 4.90 Å². The second-order valence-electron chi connectivity index (χ2n) is 8.87. The molecule has 0 fully saturated rings. The van der Waals surface area contributed by atoms with Crippen LogP contribution in [0.15, 0.2) is 29.2 Å². The average Bonchev–Trinajstić information content (AvgIpc) is 3.33. The zero-order valence-corrected chi connectivity index (χ0v) is 22.1. The molecule has 2 aromatic rings. The van der Waals surface area contributed by atoms with Crippen molar-refractivity contribution in [1.29, 1.82) is 0 Å². The van der Waals surface area contributed by atoms with Crippen LogP contribution in [0.3, 0.4) is 0 Å². The van der Waals surface area contributed by atoms with Gasteiger partial charge < -0.3 is 18.9 Å². The summed E-state index contributed by atoms with van der Waals surface area (Å²) in [6.45, 7) is 4.47. The molecule has 0 aromatic heterocycles. The molecule has 1 heterocycles. The van der Waals surface area contributed by atoms with Crippen LogP contribution in [-0.4, -0.2) is 72.2 Å². The van der Waals surface area contributed by atoms with Gasteiger partial charge >= 0.3 is 0 Å². The van der Waals surface area contributed by atoms with Gasteiger partial charge in [0.25, 0.3) is 0 Å². The lowest BCUT2D eigenvalue weighted by Crippen LogP contribution is -2.38. The van der Waals surface area contributed by atoms with E-state index in [0.717, 1.165) is 50.3 Å². The van der Waals surface area contributed by atoms with Crippen molar-refractivity contribution in [1.82, 2.24) is 9.21 Å². The summed E-state index contributed by atoms with van der Waals surface area (Å²) in [5.74, 6) is 2.47. The Labute approximate surface area is 208 Å². The third-order valence-electron chi connectivity index (χ3n) is 7.20. The molecule has 1 aliphatic carbocycles. The first-order valence-corrected chi connectivity index (χ1v) is 13.6. The van der Waals surface area contributed by atoms with Crippen LogP contribution in [0, 0.1) is 0 Å². The lowest BCUT2D eigenvalue weighted by atomic mass is 9.92. The number of ether oxygens (including phenoxy) is 4. The molecule has 1 aliphatic heterocycles. The summed E-state index contributed by atoms with van der Waals surface area (Å²) in [6, 6.07) is 7.33. The molecule has 0 amide bonds. The number of methoxy groups -OCH3 is 4. The SMILES string of the molecule is CCN(CCCN1CCc2cc(OC)c(OC)c3c2C1CC3)S(=O)(=O)c1cc(OC)ccc1OC. The minimum Gasteiger partial charge on any atom is -0.497 e. The molecular formula is C26H36N2O6S. The number of hydrogen-bond acceptors (Lipinski definition) is 7. The molecule has 1 unspecified atom stereocenters. The normalized spacial score (nSPS) is 17.4. The third kappa shape index (κ3) is 4.69. The maximum atomic E-state index is 13.5. The highest BCUT2D eigenvalue weighted by molar-refractivity contribution is 7.89. The highest BCUT2D eigenvalue weighted by Gasteiger charge is 2.37. The first-order chi connectivity index (χ1) is 16.9. The van der Waals surface area contributed by atoms with Gasteiger partial charge in [0.1, 0.15) is 16.4 Å². The van der Waals surface area contributed by atoms with Crippen molar-refractivity contribution in [2.45, 2.75) is 43.5 Å². The van der Waals surface area contributed by atoms with E-state index in [4.69, 9.17) is 18.9 Å². The van der Waals surface area contributed by atoms with Gasteiger partial charge in [-0.25, -0.2) is 8.42 Å². The average molecular weight is 505 g/mol. The van der Waals surface area contributed by atoms with Gasteiger partial charge in [0, 0.05) is 43.9 Å². The number of benzene rings is 2. The lowest BCUT2D eigenvalue weighted by molar-refractivity contribution is 0.179. The molecule has 2 aromatic carbocycles. The van der Waals surface area contributed by atoms with Crippen molar-refractivity contribution in [2.24, 2.45) is 0 Å². The summed E-state index contributed by atoms with van der Waals surface area (Å²) < 4.78 is 50.3. The Morgan fingerprint density at radius 2 is 1.77 bits per heavy atom. The fraction of sp³-hybridized carbons (Fsp3) is 0.538. The molecule has 1 atom stereocenters. The van der Waals surface area contributed by atoms with E-state index in [2.05, 4.69) is 11.0 Å². The Hall–Kier alpha value is -2.49. The van der Waals surface area contributed by atoms with Crippen molar-refractivity contribution >= 4 is 10.0 Å². The van der Waals surface area contributed by atoms with Crippen molar-refractivity contribution in [3.63, 3.8) is 0 Å². The molecule has 35 heavy (non-hydrogen) atoms. The fourth-order valence-electron chi connectivity index (χ4n) is 5.51. The van der Waals surface area contributed by atoms with Gasteiger partial charge in [-0.1, -0.05) is 6.92 Å². The van der Waals surface area contributed by atoms with Crippen LogP contribution in [0.25, 0.3) is 0 Å². The van der Waals surface area contributed by atoms with Gasteiger partial charge in [-0.15, -0.1) is 0 Å². The maximum Gasteiger partial charge on any atom is 0.246 e. The zero-order valence-electron chi connectivity index (χ0n) is 21.3. The topological polar surface area (TPSA) is 77.5 Å². The van der Waals surface area contributed by atoms with Crippen LogP contribution >= 0.6 is 0 Å². The predicted molar refractivity (Wildman–Crippen MR) is 134 cm³/mol. The van der Waals surface area contributed by atoms with Gasteiger partial charge in [0.05, 0.1) is 28.4 Å². The quantitative estimate of drug-likeness (QED) is 0.462. The second kappa shape index (κ2) is 10.6. The third-order valence-corrected chi connectivity index (χ3v) is 9.20. The molecular weight excluding hydrogens is 468 g/mol. The van der Waals surface area contributed by atoms with E-state index in [1.54, 1.807) is 26.4 Å². The zero-order chi connectivity index (χ0) is 25.2. The molecule has 0 spiro atoms. The summed E-state index contributed by atoms with van der Waals surface area (Å²) in [5.41, 5.74) is 3.99. The molecule has 2 aliphatic rings. The highest BCUT2D eigenvalue weighted by Crippen LogP contribution is 2.48. The highest BCUT2D eigenvalue weighted by atomic mass is 32.2. The number of hydrogen-bond donors (Lipinski definition) is 0. The molecule has 4 rings (SSSR count). The van der Waals surface area contributed by atoms with Gasteiger partial charge in [0.15, 0.2) is 11.5 Å². The van der Waals surface area contributed by atoms with E-state index < -0.39 is 10.0 Å². The standard InChI is InChI=1S/C26H36N2O6S/c1-6-28(35(29,30)24-17-19(31-2)8-11-22(24)32-3)14-7-13-27-15-12-18-16-23(33-4)26(34-5)20-9-10-21(27)25(18)20/h8,11,16-17,21H,6-7,9-10,12-15H2,1-5H3. The van der Waals surface area contributed by atoms with Crippen LogP contribution in [0.4, 0.5) is 0 Å². The largest absolute Gasteiger partial charge is 0.497 e. The number of rotatable bonds is 11. The summed E-state index contributed by atoms with van der Waals surface area (Å²) in [6.07, 6.45) is 3.71. The number of nitrogens with zero attached hydrogens (tertiary/aromatic N) is 2. The van der Waals surface area contributed by atoms with E-state index in [1.807, 2.05) is 6.92 Å². The molecule has 0 saturated carbocycles. The second-order valence-corrected chi connectivity index (χ2v) is 10.8. The van der Waals surface area contributed by atoms with Crippen molar-refractivity contribution < 1.29 is 27.4 Å². The smallest absolute Gasteiger partial charge is 0.246 e. The Morgan fingerprint density at radius 1 is 1.00 bits per heavy atom. The Morgan fingerprint density at radius 3 is 2.43 bits per heavy atom.